The van der Waals surface area contributed by atoms with Crippen LogP contribution in [-0.4, -0.2) is 32.8 Å². The Kier molecular flexibility index (Phi) is 4.76. The van der Waals surface area contributed by atoms with E-state index in [2.05, 4.69) is 20.5 Å². The van der Waals surface area contributed by atoms with Crippen LogP contribution in [0, 0.1) is 0 Å². The zero-order chi connectivity index (χ0) is 11.1. The average molecular weight is 212 g/mol. The molecular weight excluding hydrogens is 196 g/mol. The predicted molar refractivity (Wildman–Crippen MR) is 53.9 cm³/mol. The number of carbonyl (C=O) groups is 1. The van der Waals surface area contributed by atoms with Gasteiger partial charge in [0, 0.05) is 13.0 Å². The Bertz CT molecular complexity index is 286. The molecule has 0 aliphatic carbocycles. The number of aromatic nitrogens is 3. The minimum absolute atomic E-state index is 0.0349. The van der Waals surface area contributed by atoms with Gasteiger partial charge in [-0.2, -0.15) is 5.10 Å². The summed E-state index contributed by atoms with van der Waals surface area (Å²) in [7, 11) is 0. The molecule has 1 heterocycles. The maximum Gasteiger partial charge on any atom is 0.220 e. The number of hydrogen-bond acceptors (Lipinski definition) is 4. The van der Waals surface area contributed by atoms with Crippen molar-refractivity contribution < 1.29 is 9.90 Å². The molecule has 1 amide bonds. The molecule has 3 N–H and O–H groups in total. The van der Waals surface area contributed by atoms with Gasteiger partial charge in [-0.3, -0.25) is 9.89 Å². The molecule has 0 saturated carbocycles. The first-order valence-electron chi connectivity index (χ1n) is 4.99. The van der Waals surface area contributed by atoms with E-state index >= 15 is 0 Å². The highest BCUT2D eigenvalue weighted by atomic mass is 16.2. The van der Waals surface area contributed by atoms with Crippen LogP contribution in [0.4, 0.5) is 0 Å². The second-order valence-corrected chi connectivity index (χ2v) is 3.34. The predicted octanol–water partition coefficient (Wildman–Crippen LogP) is 0.144. The van der Waals surface area contributed by atoms with Gasteiger partial charge >= 0.3 is 0 Å². The van der Waals surface area contributed by atoms with Gasteiger partial charge < -0.3 is 10.4 Å². The Morgan fingerprint density at radius 1 is 1.67 bits per heavy atom. The molecule has 15 heavy (non-hydrogen) atoms. The molecule has 0 aliphatic heterocycles. The minimum Gasteiger partial charge on any atom is -0.396 e. The van der Waals surface area contributed by atoms with E-state index < -0.39 is 0 Å². The summed E-state index contributed by atoms with van der Waals surface area (Å²) in [6, 6.07) is -0.158. The highest BCUT2D eigenvalue weighted by molar-refractivity contribution is 5.76. The number of nitrogens with one attached hydrogen (secondary N) is 2. The maximum atomic E-state index is 11.4. The number of aliphatic hydroxyl groups excluding tert-OH is 1. The monoisotopic (exact) mass is 212 g/mol. The van der Waals surface area contributed by atoms with E-state index in [4.69, 9.17) is 5.11 Å². The summed E-state index contributed by atoms with van der Waals surface area (Å²) in [4.78, 5) is 15.3. The van der Waals surface area contributed by atoms with Crippen LogP contribution in [0.15, 0.2) is 6.33 Å². The number of aliphatic hydroxyl groups is 1. The first-order valence-corrected chi connectivity index (χ1v) is 4.99. The first kappa shape index (κ1) is 11.6. The lowest BCUT2D eigenvalue weighted by Gasteiger charge is -2.10. The van der Waals surface area contributed by atoms with Crippen LogP contribution < -0.4 is 5.32 Å². The third kappa shape index (κ3) is 4.07. The van der Waals surface area contributed by atoms with Gasteiger partial charge in [0.2, 0.25) is 5.91 Å². The van der Waals surface area contributed by atoms with Crippen molar-refractivity contribution in [1.29, 1.82) is 0 Å². The zero-order valence-electron chi connectivity index (χ0n) is 8.73. The molecule has 0 fully saturated rings. The molecule has 0 spiro atoms. The number of amides is 1. The summed E-state index contributed by atoms with van der Waals surface area (Å²) in [6.07, 6.45) is 3.19. The number of aromatic amines is 1. The van der Waals surface area contributed by atoms with Crippen molar-refractivity contribution in [2.75, 3.05) is 6.61 Å². The Labute approximate surface area is 88.1 Å². The third-order valence-corrected chi connectivity index (χ3v) is 2.03. The van der Waals surface area contributed by atoms with E-state index in [9.17, 15) is 4.79 Å². The van der Waals surface area contributed by atoms with Gasteiger partial charge in [0.15, 0.2) is 0 Å². The molecule has 84 valence electrons. The van der Waals surface area contributed by atoms with Crippen LogP contribution in [-0.2, 0) is 4.79 Å². The molecule has 0 aliphatic rings. The van der Waals surface area contributed by atoms with Crippen LogP contribution in [0.25, 0.3) is 0 Å². The van der Waals surface area contributed by atoms with Gasteiger partial charge in [-0.05, 0) is 19.8 Å². The molecule has 0 bridgehead atoms. The highest BCUT2D eigenvalue weighted by Gasteiger charge is 2.10. The molecule has 0 aromatic carbocycles. The number of H-pyrrole nitrogens is 1. The molecule has 1 aromatic heterocycles. The molecular formula is C9H16N4O2. The van der Waals surface area contributed by atoms with Crippen LogP contribution >= 0.6 is 0 Å². The molecule has 0 radical (unpaired) electrons. The second-order valence-electron chi connectivity index (χ2n) is 3.34. The van der Waals surface area contributed by atoms with E-state index in [0.717, 1.165) is 0 Å². The molecule has 1 atom stereocenters. The molecule has 1 aromatic rings. The molecule has 1 unspecified atom stereocenters. The lowest BCUT2D eigenvalue weighted by atomic mass is 10.2. The van der Waals surface area contributed by atoms with E-state index in [0.29, 0.717) is 25.1 Å². The summed E-state index contributed by atoms with van der Waals surface area (Å²) in [5, 5.41) is 17.7. The SMILES string of the molecule is CC(NC(=O)CCCCO)c1ncn[nH]1. The number of hydrogen-bond donors (Lipinski definition) is 3. The van der Waals surface area contributed by atoms with Gasteiger partial charge in [0.25, 0.3) is 0 Å². The lowest BCUT2D eigenvalue weighted by molar-refractivity contribution is -0.121. The fourth-order valence-electron chi connectivity index (χ4n) is 1.20. The number of carbonyl (C=O) groups excluding carboxylic acids is 1. The summed E-state index contributed by atoms with van der Waals surface area (Å²) in [5.74, 6) is 0.609. The van der Waals surface area contributed by atoms with Crippen molar-refractivity contribution in [3.05, 3.63) is 12.2 Å². The van der Waals surface area contributed by atoms with Crippen molar-refractivity contribution in [2.45, 2.75) is 32.2 Å². The Hall–Kier alpha value is -1.43. The van der Waals surface area contributed by atoms with Gasteiger partial charge in [-0.25, -0.2) is 4.98 Å². The molecule has 6 heteroatoms. The smallest absolute Gasteiger partial charge is 0.220 e. The molecule has 6 nitrogen and oxygen atoms in total. The molecule has 1 rings (SSSR count). The number of nitrogens with zero attached hydrogens (tertiary/aromatic N) is 2. The maximum absolute atomic E-state index is 11.4. The van der Waals surface area contributed by atoms with Gasteiger partial charge in [-0.1, -0.05) is 0 Å². The highest BCUT2D eigenvalue weighted by Crippen LogP contribution is 2.05. The zero-order valence-corrected chi connectivity index (χ0v) is 8.73. The van der Waals surface area contributed by atoms with Crippen molar-refractivity contribution in [3.63, 3.8) is 0 Å². The van der Waals surface area contributed by atoms with Crippen LogP contribution in [0.5, 0.6) is 0 Å². The Balaban J connectivity index is 2.26. The minimum atomic E-state index is -0.158. The Morgan fingerprint density at radius 2 is 2.47 bits per heavy atom. The first-order chi connectivity index (χ1) is 7.24. The van der Waals surface area contributed by atoms with Crippen LogP contribution in [0.3, 0.4) is 0 Å². The normalized spacial score (nSPS) is 12.4. The summed E-state index contributed by atoms with van der Waals surface area (Å²) < 4.78 is 0. The topological polar surface area (TPSA) is 90.9 Å². The van der Waals surface area contributed by atoms with E-state index in [-0.39, 0.29) is 18.6 Å². The standard InChI is InChI=1S/C9H16N4O2/c1-7(9-10-6-11-13-9)12-8(15)4-2-3-5-14/h6-7,14H,2-5H2,1H3,(H,12,15)(H,10,11,13). The van der Waals surface area contributed by atoms with E-state index in [1.807, 2.05) is 6.92 Å². The largest absolute Gasteiger partial charge is 0.396 e. The number of unbranched alkanes of at least 4 members (excludes halogenated alkanes) is 1. The summed E-state index contributed by atoms with van der Waals surface area (Å²) in [5.41, 5.74) is 0. The van der Waals surface area contributed by atoms with Gasteiger partial charge in [-0.15, -0.1) is 0 Å². The van der Waals surface area contributed by atoms with Crippen molar-refractivity contribution in [3.8, 4) is 0 Å². The van der Waals surface area contributed by atoms with E-state index in [1.54, 1.807) is 0 Å². The van der Waals surface area contributed by atoms with Crippen molar-refractivity contribution in [2.24, 2.45) is 0 Å². The van der Waals surface area contributed by atoms with Crippen LogP contribution in [0.1, 0.15) is 38.1 Å². The van der Waals surface area contributed by atoms with Crippen molar-refractivity contribution in [1.82, 2.24) is 20.5 Å². The Morgan fingerprint density at radius 3 is 3.07 bits per heavy atom. The number of rotatable bonds is 6. The summed E-state index contributed by atoms with van der Waals surface area (Å²) in [6.45, 7) is 1.97. The summed E-state index contributed by atoms with van der Waals surface area (Å²) >= 11 is 0. The quantitative estimate of drug-likeness (QED) is 0.585. The molecule has 0 saturated heterocycles. The fraction of sp³-hybridized carbons (Fsp3) is 0.667. The van der Waals surface area contributed by atoms with E-state index in [1.165, 1.54) is 6.33 Å². The van der Waals surface area contributed by atoms with Gasteiger partial charge in [0.1, 0.15) is 12.2 Å². The second kappa shape index (κ2) is 6.13. The average Bonchev–Trinajstić information content (AvgIpc) is 2.70. The lowest BCUT2D eigenvalue weighted by Crippen LogP contribution is -2.27. The third-order valence-electron chi connectivity index (χ3n) is 2.03. The van der Waals surface area contributed by atoms with Crippen molar-refractivity contribution >= 4 is 5.91 Å². The van der Waals surface area contributed by atoms with Crippen LogP contribution in [0.2, 0.25) is 0 Å². The fourth-order valence-corrected chi connectivity index (χ4v) is 1.20. The van der Waals surface area contributed by atoms with Gasteiger partial charge in [0.05, 0.1) is 6.04 Å².